The van der Waals surface area contributed by atoms with Crippen LogP contribution in [-0.2, 0) is 17.9 Å². The lowest BCUT2D eigenvalue weighted by Gasteiger charge is -2.20. The molecule has 3 aromatic rings. The van der Waals surface area contributed by atoms with Crippen LogP contribution in [0.5, 0.6) is 0 Å². The van der Waals surface area contributed by atoms with Gasteiger partial charge in [0.05, 0.1) is 12.0 Å². The molecule has 25 heavy (non-hydrogen) atoms. The van der Waals surface area contributed by atoms with Crippen molar-refractivity contribution in [3.8, 4) is 0 Å². The van der Waals surface area contributed by atoms with E-state index >= 15 is 0 Å². The molecular weight excluding hydrogens is 338 g/mol. The molecule has 0 saturated heterocycles. The van der Waals surface area contributed by atoms with Crippen LogP contribution in [0.1, 0.15) is 18.2 Å². The number of furan rings is 1. The topological polar surface area (TPSA) is 77.1 Å². The van der Waals surface area contributed by atoms with Crippen molar-refractivity contribution in [1.82, 2.24) is 25.1 Å². The van der Waals surface area contributed by atoms with Gasteiger partial charge in [-0.3, -0.25) is 4.79 Å². The molecule has 130 valence electrons. The van der Waals surface area contributed by atoms with Crippen molar-refractivity contribution in [2.24, 2.45) is 0 Å². The fraction of sp³-hybridized carbons (Fsp3) is 0.294. The Morgan fingerprint density at radius 1 is 1.24 bits per heavy atom. The molecule has 0 unspecified atom stereocenters. The smallest absolute Gasteiger partial charge is 0.233 e. The Balaban J connectivity index is 1.57. The normalized spacial score (nSPS) is 10.8. The summed E-state index contributed by atoms with van der Waals surface area (Å²) in [5.41, 5.74) is 1.12. The van der Waals surface area contributed by atoms with Gasteiger partial charge >= 0.3 is 0 Å². The maximum absolute atomic E-state index is 12.5. The summed E-state index contributed by atoms with van der Waals surface area (Å²) in [6, 6.07) is 13.6. The summed E-state index contributed by atoms with van der Waals surface area (Å²) in [6.45, 7) is 3.68. The first-order chi connectivity index (χ1) is 12.3. The highest BCUT2D eigenvalue weighted by atomic mass is 32.2. The third-order valence-electron chi connectivity index (χ3n) is 3.66. The van der Waals surface area contributed by atoms with Crippen LogP contribution in [0.25, 0.3) is 0 Å². The fourth-order valence-electron chi connectivity index (χ4n) is 2.35. The summed E-state index contributed by atoms with van der Waals surface area (Å²) in [6.07, 6.45) is 1.61. The highest BCUT2D eigenvalue weighted by molar-refractivity contribution is 7.99. The van der Waals surface area contributed by atoms with E-state index in [1.807, 2.05) is 54.3 Å². The number of thioether (sulfide) groups is 1. The second-order valence-corrected chi connectivity index (χ2v) is 6.32. The number of tetrazole rings is 1. The fourth-order valence-corrected chi connectivity index (χ4v) is 3.13. The highest BCUT2D eigenvalue weighted by Crippen LogP contribution is 2.16. The molecule has 7 nitrogen and oxygen atoms in total. The van der Waals surface area contributed by atoms with E-state index in [9.17, 15) is 4.79 Å². The SMILES string of the molecule is CCN(Cc1ccccc1)C(=O)CSc1nnnn1Cc1ccco1. The Hall–Kier alpha value is -2.61. The summed E-state index contributed by atoms with van der Waals surface area (Å²) < 4.78 is 6.94. The molecule has 0 aliphatic rings. The molecule has 0 radical (unpaired) electrons. The molecule has 0 atom stereocenters. The van der Waals surface area contributed by atoms with Gasteiger partial charge in [0.1, 0.15) is 12.3 Å². The zero-order valence-electron chi connectivity index (χ0n) is 13.9. The lowest BCUT2D eigenvalue weighted by atomic mass is 10.2. The third kappa shape index (κ3) is 4.69. The van der Waals surface area contributed by atoms with Gasteiger partial charge in [0, 0.05) is 13.1 Å². The highest BCUT2D eigenvalue weighted by Gasteiger charge is 2.15. The maximum atomic E-state index is 12.5. The van der Waals surface area contributed by atoms with Crippen molar-refractivity contribution < 1.29 is 9.21 Å². The zero-order valence-corrected chi connectivity index (χ0v) is 14.7. The summed E-state index contributed by atoms with van der Waals surface area (Å²) in [7, 11) is 0. The average molecular weight is 357 g/mol. The van der Waals surface area contributed by atoms with Gasteiger partial charge in [-0.15, -0.1) is 5.10 Å². The van der Waals surface area contributed by atoms with Gasteiger partial charge in [-0.1, -0.05) is 42.1 Å². The number of aromatic nitrogens is 4. The van der Waals surface area contributed by atoms with Crippen molar-refractivity contribution >= 4 is 17.7 Å². The van der Waals surface area contributed by atoms with E-state index in [-0.39, 0.29) is 5.91 Å². The van der Waals surface area contributed by atoms with Gasteiger partial charge in [0.15, 0.2) is 0 Å². The van der Waals surface area contributed by atoms with E-state index in [2.05, 4.69) is 15.5 Å². The molecule has 0 N–H and O–H groups in total. The molecule has 0 spiro atoms. The first-order valence-electron chi connectivity index (χ1n) is 7.99. The van der Waals surface area contributed by atoms with E-state index in [1.165, 1.54) is 11.8 Å². The van der Waals surface area contributed by atoms with Crippen LogP contribution in [0.2, 0.25) is 0 Å². The molecule has 1 amide bonds. The Kier molecular flexibility index (Phi) is 5.84. The van der Waals surface area contributed by atoms with Crippen molar-refractivity contribution in [3.63, 3.8) is 0 Å². The number of hydrogen-bond donors (Lipinski definition) is 0. The van der Waals surface area contributed by atoms with Crippen molar-refractivity contribution in [2.45, 2.75) is 25.2 Å². The van der Waals surface area contributed by atoms with E-state index in [1.54, 1.807) is 10.9 Å². The Morgan fingerprint density at radius 3 is 2.80 bits per heavy atom. The van der Waals surface area contributed by atoms with Crippen LogP contribution in [-0.4, -0.2) is 43.3 Å². The Morgan fingerprint density at radius 2 is 2.08 bits per heavy atom. The molecule has 3 rings (SSSR count). The lowest BCUT2D eigenvalue weighted by molar-refractivity contribution is -0.128. The van der Waals surface area contributed by atoms with E-state index in [0.717, 1.165) is 11.3 Å². The second kappa shape index (κ2) is 8.48. The number of carbonyl (C=O) groups excluding carboxylic acids is 1. The van der Waals surface area contributed by atoms with Gasteiger partial charge in [0.25, 0.3) is 0 Å². The Bertz CT molecular complexity index is 788. The summed E-state index contributed by atoms with van der Waals surface area (Å²) >= 11 is 1.33. The first kappa shape index (κ1) is 17.2. The number of carbonyl (C=O) groups is 1. The molecule has 0 saturated carbocycles. The number of benzene rings is 1. The third-order valence-corrected chi connectivity index (χ3v) is 4.60. The van der Waals surface area contributed by atoms with Gasteiger partial charge in [-0.2, -0.15) is 0 Å². The lowest BCUT2D eigenvalue weighted by Crippen LogP contribution is -2.31. The predicted octanol–water partition coefficient (Wildman–Crippen LogP) is 2.46. The average Bonchev–Trinajstić information content (AvgIpc) is 3.31. The first-order valence-corrected chi connectivity index (χ1v) is 8.98. The van der Waals surface area contributed by atoms with Crippen molar-refractivity contribution in [2.75, 3.05) is 12.3 Å². The van der Waals surface area contributed by atoms with Gasteiger partial charge in [0.2, 0.25) is 11.1 Å². The second-order valence-electron chi connectivity index (χ2n) is 5.38. The molecule has 0 bridgehead atoms. The van der Waals surface area contributed by atoms with Crippen LogP contribution in [0.15, 0.2) is 58.3 Å². The predicted molar refractivity (Wildman–Crippen MR) is 93.9 cm³/mol. The number of nitrogens with zero attached hydrogens (tertiary/aromatic N) is 5. The quantitative estimate of drug-likeness (QED) is 0.576. The van der Waals surface area contributed by atoms with Crippen LogP contribution < -0.4 is 0 Å². The molecule has 1 aromatic carbocycles. The monoisotopic (exact) mass is 357 g/mol. The summed E-state index contributed by atoms with van der Waals surface area (Å²) in [5.74, 6) is 1.11. The maximum Gasteiger partial charge on any atom is 0.233 e. The van der Waals surface area contributed by atoms with Gasteiger partial charge in [-0.25, -0.2) is 4.68 Å². The van der Waals surface area contributed by atoms with Gasteiger partial charge < -0.3 is 9.32 Å². The number of amides is 1. The van der Waals surface area contributed by atoms with Crippen LogP contribution in [0.4, 0.5) is 0 Å². The molecule has 8 heteroatoms. The zero-order chi connectivity index (χ0) is 17.5. The minimum atomic E-state index is 0.0592. The van der Waals surface area contributed by atoms with Crippen LogP contribution in [0.3, 0.4) is 0 Å². The van der Waals surface area contributed by atoms with Crippen molar-refractivity contribution in [3.05, 3.63) is 60.1 Å². The summed E-state index contributed by atoms with van der Waals surface area (Å²) in [5, 5.41) is 12.2. The molecular formula is C17H19N5O2S. The summed E-state index contributed by atoms with van der Waals surface area (Å²) in [4.78, 5) is 14.3. The number of rotatable bonds is 8. The standard InChI is InChI=1S/C17H19N5O2S/c1-2-21(11-14-7-4-3-5-8-14)16(23)13-25-17-18-19-20-22(17)12-15-9-6-10-24-15/h3-10H,2,11-13H2,1H3. The molecule has 0 aliphatic heterocycles. The minimum Gasteiger partial charge on any atom is -0.467 e. The molecule has 2 aromatic heterocycles. The molecule has 0 aliphatic carbocycles. The van der Waals surface area contributed by atoms with Gasteiger partial charge in [-0.05, 0) is 35.0 Å². The van der Waals surface area contributed by atoms with Crippen molar-refractivity contribution in [1.29, 1.82) is 0 Å². The molecule has 2 heterocycles. The largest absolute Gasteiger partial charge is 0.467 e. The molecule has 0 fully saturated rings. The Labute approximate surface area is 150 Å². The number of hydrogen-bond acceptors (Lipinski definition) is 6. The van der Waals surface area contributed by atoms with E-state index < -0.39 is 0 Å². The van der Waals surface area contributed by atoms with Crippen LogP contribution >= 0.6 is 11.8 Å². The van der Waals surface area contributed by atoms with Crippen LogP contribution in [0, 0.1) is 0 Å². The minimum absolute atomic E-state index is 0.0592. The van der Waals surface area contributed by atoms with E-state index in [0.29, 0.717) is 30.5 Å². The van der Waals surface area contributed by atoms with E-state index in [4.69, 9.17) is 4.42 Å².